The fourth-order valence-corrected chi connectivity index (χ4v) is 1.30. The molecule has 1 heterocycles. The molecule has 0 saturated heterocycles. The quantitative estimate of drug-likeness (QED) is 0.764. The van der Waals surface area contributed by atoms with E-state index in [-0.39, 0.29) is 6.61 Å². The number of aliphatic hydroxyl groups is 1. The summed E-state index contributed by atoms with van der Waals surface area (Å²) in [5.74, 6) is 0.590. The van der Waals surface area contributed by atoms with Crippen molar-refractivity contribution in [3.05, 3.63) is 23.4 Å². The van der Waals surface area contributed by atoms with Crippen LogP contribution in [0.4, 0.5) is 5.82 Å². The van der Waals surface area contributed by atoms with Crippen molar-refractivity contribution >= 4 is 5.82 Å². The molecule has 0 saturated carbocycles. The molecule has 2 N–H and O–H groups in total. The lowest BCUT2D eigenvalue weighted by Crippen LogP contribution is -2.24. The van der Waals surface area contributed by atoms with Crippen LogP contribution in [0.25, 0.3) is 0 Å². The second kappa shape index (κ2) is 6.05. The number of anilines is 1. The molecule has 1 aromatic heterocycles. The number of nitrogens with zero attached hydrogens (tertiary/aromatic N) is 2. The van der Waals surface area contributed by atoms with Gasteiger partial charge in [0.15, 0.2) is 0 Å². The number of nitriles is 1. The van der Waals surface area contributed by atoms with Crippen LogP contribution in [0.5, 0.6) is 0 Å². The van der Waals surface area contributed by atoms with Crippen LogP contribution in [-0.2, 0) is 4.74 Å². The summed E-state index contributed by atoms with van der Waals surface area (Å²) in [4.78, 5) is 4.20. The summed E-state index contributed by atoms with van der Waals surface area (Å²) in [6.45, 7) is 2.43. The first kappa shape index (κ1) is 12.4. The molecule has 0 fully saturated rings. The van der Waals surface area contributed by atoms with Gasteiger partial charge in [-0.05, 0) is 19.1 Å². The molecular weight excluding hydrogens is 206 g/mol. The Bertz CT molecular complexity index is 387. The van der Waals surface area contributed by atoms with Gasteiger partial charge in [0.1, 0.15) is 5.82 Å². The van der Waals surface area contributed by atoms with Gasteiger partial charge in [0.2, 0.25) is 0 Å². The maximum absolute atomic E-state index is 9.43. The standard InChI is InChI=1S/C11H15N3O2/c1-8-3-9(5-12)4-11(14-8)13-6-10(15)7-16-2/h3-4,10,15H,6-7H2,1-2H3,(H,13,14). The van der Waals surface area contributed by atoms with Crippen molar-refractivity contribution in [1.29, 1.82) is 5.26 Å². The normalized spacial score (nSPS) is 11.9. The second-order valence-corrected chi connectivity index (χ2v) is 3.48. The van der Waals surface area contributed by atoms with Crippen molar-refractivity contribution < 1.29 is 9.84 Å². The monoisotopic (exact) mass is 221 g/mol. The number of aromatic nitrogens is 1. The van der Waals surface area contributed by atoms with Gasteiger partial charge in [-0.15, -0.1) is 0 Å². The van der Waals surface area contributed by atoms with E-state index < -0.39 is 6.10 Å². The SMILES string of the molecule is COCC(O)CNc1cc(C#N)cc(C)n1. The molecule has 0 radical (unpaired) electrons. The largest absolute Gasteiger partial charge is 0.389 e. The molecule has 1 rings (SSSR count). The molecule has 1 aromatic rings. The summed E-state index contributed by atoms with van der Waals surface area (Å²) >= 11 is 0. The predicted molar refractivity (Wildman–Crippen MR) is 60.1 cm³/mol. The first-order valence-electron chi connectivity index (χ1n) is 4.95. The number of pyridine rings is 1. The Morgan fingerprint density at radius 3 is 3.00 bits per heavy atom. The lowest BCUT2D eigenvalue weighted by Gasteiger charge is -2.11. The number of ether oxygens (including phenoxy) is 1. The van der Waals surface area contributed by atoms with E-state index >= 15 is 0 Å². The highest BCUT2D eigenvalue weighted by Crippen LogP contribution is 2.09. The zero-order valence-corrected chi connectivity index (χ0v) is 9.40. The van der Waals surface area contributed by atoms with Crippen LogP contribution in [0, 0.1) is 18.3 Å². The summed E-state index contributed by atoms with van der Waals surface area (Å²) < 4.78 is 4.80. The Balaban J connectivity index is 2.60. The van der Waals surface area contributed by atoms with E-state index in [1.54, 1.807) is 12.1 Å². The first-order valence-corrected chi connectivity index (χ1v) is 4.95. The van der Waals surface area contributed by atoms with Gasteiger partial charge in [-0.25, -0.2) is 4.98 Å². The minimum Gasteiger partial charge on any atom is -0.389 e. The van der Waals surface area contributed by atoms with Crippen molar-refractivity contribution in [1.82, 2.24) is 4.98 Å². The summed E-state index contributed by atoms with van der Waals surface area (Å²) in [6.07, 6.45) is -0.585. The van der Waals surface area contributed by atoms with Crippen molar-refractivity contribution in [3.8, 4) is 6.07 Å². The Morgan fingerprint density at radius 1 is 1.62 bits per heavy atom. The average molecular weight is 221 g/mol. The molecule has 0 aliphatic rings. The third kappa shape index (κ3) is 3.85. The summed E-state index contributed by atoms with van der Waals surface area (Å²) in [5.41, 5.74) is 1.32. The molecule has 16 heavy (non-hydrogen) atoms. The number of hydrogen-bond donors (Lipinski definition) is 2. The van der Waals surface area contributed by atoms with Gasteiger partial charge < -0.3 is 15.2 Å². The minimum absolute atomic E-state index is 0.268. The van der Waals surface area contributed by atoms with E-state index in [9.17, 15) is 5.11 Å². The Kier molecular flexibility index (Phi) is 4.70. The Hall–Kier alpha value is -1.64. The van der Waals surface area contributed by atoms with Crippen LogP contribution in [0.15, 0.2) is 12.1 Å². The molecule has 0 amide bonds. The first-order chi connectivity index (χ1) is 7.65. The van der Waals surface area contributed by atoms with Gasteiger partial charge in [-0.2, -0.15) is 5.26 Å². The summed E-state index contributed by atoms with van der Waals surface area (Å²) in [7, 11) is 1.53. The summed E-state index contributed by atoms with van der Waals surface area (Å²) in [5, 5.41) is 21.2. The Labute approximate surface area is 94.7 Å². The zero-order valence-electron chi connectivity index (χ0n) is 9.40. The van der Waals surface area contributed by atoms with Crippen LogP contribution in [0.2, 0.25) is 0 Å². The van der Waals surface area contributed by atoms with Gasteiger partial charge >= 0.3 is 0 Å². The number of hydrogen-bond acceptors (Lipinski definition) is 5. The van der Waals surface area contributed by atoms with Crippen molar-refractivity contribution in [2.24, 2.45) is 0 Å². The number of nitrogens with one attached hydrogen (secondary N) is 1. The highest BCUT2D eigenvalue weighted by molar-refractivity contribution is 5.44. The van der Waals surface area contributed by atoms with Crippen molar-refractivity contribution in [2.75, 3.05) is 25.6 Å². The van der Waals surface area contributed by atoms with E-state index in [4.69, 9.17) is 10.00 Å². The number of rotatable bonds is 5. The van der Waals surface area contributed by atoms with Crippen LogP contribution < -0.4 is 5.32 Å². The van der Waals surface area contributed by atoms with E-state index in [1.165, 1.54) is 7.11 Å². The van der Waals surface area contributed by atoms with Gasteiger partial charge in [0, 0.05) is 19.3 Å². The van der Waals surface area contributed by atoms with Gasteiger partial charge in [0.25, 0.3) is 0 Å². The molecule has 0 aliphatic carbocycles. The maximum atomic E-state index is 9.43. The van der Waals surface area contributed by atoms with E-state index in [2.05, 4.69) is 16.4 Å². The van der Waals surface area contributed by atoms with Gasteiger partial charge in [-0.3, -0.25) is 0 Å². The molecule has 0 aromatic carbocycles. The lowest BCUT2D eigenvalue weighted by atomic mass is 10.2. The summed E-state index contributed by atoms with van der Waals surface area (Å²) in [6, 6.07) is 5.40. The minimum atomic E-state index is -0.585. The highest BCUT2D eigenvalue weighted by Gasteiger charge is 2.04. The average Bonchev–Trinajstić information content (AvgIpc) is 2.26. The van der Waals surface area contributed by atoms with E-state index in [1.807, 2.05) is 6.92 Å². The molecule has 1 unspecified atom stereocenters. The smallest absolute Gasteiger partial charge is 0.127 e. The number of aryl methyl sites for hydroxylation is 1. The highest BCUT2D eigenvalue weighted by atomic mass is 16.5. The molecule has 86 valence electrons. The van der Waals surface area contributed by atoms with E-state index in [0.717, 1.165) is 5.69 Å². The Morgan fingerprint density at radius 2 is 2.38 bits per heavy atom. The molecule has 5 nitrogen and oxygen atoms in total. The van der Waals surface area contributed by atoms with Crippen LogP contribution >= 0.6 is 0 Å². The van der Waals surface area contributed by atoms with Crippen LogP contribution in [0.1, 0.15) is 11.3 Å². The van der Waals surface area contributed by atoms with Gasteiger partial charge in [-0.1, -0.05) is 0 Å². The fourth-order valence-electron chi connectivity index (χ4n) is 1.30. The van der Waals surface area contributed by atoms with Gasteiger partial charge in [0.05, 0.1) is 24.3 Å². The molecule has 1 atom stereocenters. The molecule has 0 bridgehead atoms. The number of methoxy groups -OCH3 is 1. The lowest BCUT2D eigenvalue weighted by molar-refractivity contribution is 0.0727. The molecule has 0 spiro atoms. The van der Waals surface area contributed by atoms with Crippen LogP contribution in [-0.4, -0.2) is 36.5 Å². The van der Waals surface area contributed by atoms with E-state index in [0.29, 0.717) is 17.9 Å². The van der Waals surface area contributed by atoms with Crippen molar-refractivity contribution in [2.45, 2.75) is 13.0 Å². The molecule has 0 aliphatic heterocycles. The second-order valence-electron chi connectivity index (χ2n) is 3.48. The third-order valence-corrected chi connectivity index (χ3v) is 1.96. The molecular formula is C11H15N3O2. The fraction of sp³-hybridized carbons (Fsp3) is 0.455. The predicted octanol–water partition coefficient (Wildman–Crippen LogP) is 0.681. The third-order valence-electron chi connectivity index (χ3n) is 1.96. The van der Waals surface area contributed by atoms with Crippen molar-refractivity contribution in [3.63, 3.8) is 0 Å². The van der Waals surface area contributed by atoms with Crippen LogP contribution in [0.3, 0.4) is 0 Å². The maximum Gasteiger partial charge on any atom is 0.127 e. The topological polar surface area (TPSA) is 78.2 Å². The molecule has 5 heteroatoms. The number of aliphatic hydroxyl groups excluding tert-OH is 1. The zero-order chi connectivity index (χ0) is 12.0.